The third-order valence-electron chi connectivity index (χ3n) is 1.70. The van der Waals surface area contributed by atoms with Crippen LogP contribution < -0.4 is 5.32 Å². The highest BCUT2D eigenvalue weighted by molar-refractivity contribution is 8.00. The zero-order chi connectivity index (χ0) is 11.3. The van der Waals surface area contributed by atoms with Crippen LogP contribution >= 0.6 is 11.8 Å². The van der Waals surface area contributed by atoms with Crippen molar-refractivity contribution in [2.75, 3.05) is 12.4 Å². The van der Waals surface area contributed by atoms with Crippen LogP contribution in [0.25, 0.3) is 0 Å². The molecule has 0 fully saturated rings. The number of esters is 1. The molecule has 0 aromatic carbocycles. The smallest absolute Gasteiger partial charge is 0.316 e. The maximum Gasteiger partial charge on any atom is 0.316 e. The summed E-state index contributed by atoms with van der Waals surface area (Å²) in [7, 11) is 0. The first-order chi connectivity index (χ1) is 7.11. The molecule has 1 unspecified atom stereocenters. The van der Waals surface area contributed by atoms with Crippen molar-refractivity contribution in [3.63, 3.8) is 0 Å². The second-order valence-electron chi connectivity index (χ2n) is 3.08. The highest BCUT2D eigenvalue weighted by Gasteiger charge is 2.19. The molecule has 0 aromatic rings. The number of nitrogens with one attached hydrogen (secondary N) is 1. The minimum absolute atomic E-state index is 0.0520. The van der Waals surface area contributed by atoms with Gasteiger partial charge in [-0.2, -0.15) is 0 Å². The van der Waals surface area contributed by atoms with Gasteiger partial charge < -0.3 is 10.1 Å². The molecule has 5 nitrogen and oxygen atoms in total. The van der Waals surface area contributed by atoms with Gasteiger partial charge in [0.15, 0.2) is 5.50 Å². The molecule has 0 saturated heterocycles. The molecule has 1 atom stereocenters. The van der Waals surface area contributed by atoms with E-state index in [2.05, 4.69) is 10.3 Å². The van der Waals surface area contributed by atoms with Crippen LogP contribution in [0.15, 0.2) is 4.99 Å². The van der Waals surface area contributed by atoms with Gasteiger partial charge in [0.1, 0.15) is 0 Å². The second kappa shape index (κ2) is 5.75. The molecule has 1 aliphatic rings. The van der Waals surface area contributed by atoms with Crippen molar-refractivity contribution in [1.29, 1.82) is 0 Å². The minimum atomic E-state index is -0.351. The predicted octanol–water partition coefficient (Wildman–Crippen LogP) is 0.547. The molecular formula is C9H14N2O3S. The lowest BCUT2D eigenvalue weighted by atomic mass is 10.2. The third-order valence-corrected chi connectivity index (χ3v) is 2.64. The number of ether oxygens (including phenoxy) is 1. The molecule has 1 rings (SSSR count). The molecule has 0 saturated carbocycles. The summed E-state index contributed by atoms with van der Waals surface area (Å²) in [6.45, 7) is 3.93. The Hall–Kier alpha value is -1.04. The average molecular weight is 230 g/mol. The van der Waals surface area contributed by atoms with Gasteiger partial charge in [0.2, 0.25) is 5.91 Å². The van der Waals surface area contributed by atoms with Gasteiger partial charge in [0.25, 0.3) is 0 Å². The van der Waals surface area contributed by atoms with Crippen LogP contribution in [-0.4, -0.2) is 35.4 Å². The average Bonchev–Trinajstić information content (AvgIpc) is 2.14. The lowest BCUT2D eigenvalue weighted by Gasteiger charge is -2.19. The Morgan fingerprint density at radius 2 is 2.47 bits per heavy atom. The Bertz CT molecular complexity index is 291. The van der Waals surface area contributed by atoms with Crippen molar-refractivity contribution < 1.29 is 14.3 Å². The van der Waals surface area contributed by atoms with Crippen LogP contribution in [0.1, 0.15) is 20.3 Å². The molecule has 0 radical (unpaired) electrons. The van der Waals surface area contributed by atoms with E-state index in [-0.39, 0.29) is 23.1 Å². The van der Waals surface area contributed by atoms with Crippen LogP contribution in [0.2, 0.25) is 0 Å². The van der Waals surface area contributed by atoms with Gasteiger partial charge in [-0.25, -0.2) is 0 Å². The summed E-state index contributed by atoms with van der Waals surface area (Å²) >= 11 is 1.26. The van der Waals surface area contributed by atoms with E-state index in [4.69, 9.17) is 4.74 Å². The molecule has 0 spiro atoms. The zero-order valence-corrected chi connectivity index (χ0v) is 9.60. The molecule has 15 heavy (non-hydrogen) atoms. The van der Waals surface area contributed by atoms with Crippen molar-refractivity contribution in [1.82, 2.24) is 5.32 Å². The van der Waals surface area contributed by atoms with E-state index < -0.39 is 0 Å². The molecule has 1 aliphatic heterocycles. The largest absolute Gasteiger partial charge is 0.465 e. The van der Waals surface area contributed by atoms with E-state index in [0.29, 0.717) is 13.0 Å². The molecular weight excluding hydrogens is 216 g/mol. The first kappa shape index (κ1) is 12.0. The first-order valence-electron chi connectivity index (χ1n) is 4.71. The van der Waals surface area contributed by atoms with E-state index in [1.54, 1.807) is 13.8 Å². The topological polar surface area (TPSA) is 67.8 Å². The zero-order valence-electron chi connectivity index (χ0n) is 8.78. The van der Waals surface area contributed by atoms with Gasteiger partial charge in [0.05, 0.1) is 18.8 Å². The Morgan fingerprint density at radius 3 is 3.07 bits per heavy atom. The number of aliphatic imine (C=N–C) groups is 1. The molecule has 1 heterocycles. The fourth-order valence-corrected chi connectivity index (χ4v) is 1.97. The van der Waals surface area contributed by atoms with Crippen LogP contribution in [0.5, 0.6) is 0 Å². The quantitative estimate of drug-likeness (QED) is 0.716. The van der Waals surface area contributed by atoms with Crippen molar-refractivity contribution in [2.24, 2.45) is 4.99 Å². The van der Waals surface area contributed by atoms with Crippen LogP contribution in [0.3, 0.4) is 0 Å². The number of rotatable bonds is 4. The standard InChI is InChI=1S/C9H14N2O3S/c1-3-14-8(13)5-15-9-10-6(2)4-7(12)11-9/h9H,3-5H2,1-2H3,(H,11,12). The summed E-state index contributed by atoms with van der Waals surface area (Å²) in [6, 6.07) is 0. The van der Waals surface area contributed by atoms with E-state index in [0.717, 1.165) is 5.71 Å². The molecule has 1 amide bonds. The molecule has 84 valence electrons. The summed E-state index contributed by atoms with van der Waals surface area (Å²) in [6.07, 6.45) is 0.344. The third kappa shape index (κ3) is 4.33. The SMILES string of the molecule is CCOC(=O)CSC1N=C(C)CC(=O)N1. The number of amides is 1. The molecule has 0 aliphatic carbocycles. The maximum atomic E-state index is 11.1. The normalized spacial score (nSPS) is 20.5. The predicted molar refractivity (Wildman–Crippen MR) is 58.7 cm³/mol. The fraction of sp³-hybridized carbons (Fsp3) is 0.667. The first-order valence-corrected chi connectivity index (χ1v) is 5.76. The lowest BCUT2D eigenvalue weighted by Crippen LogP contribution is -2.37. The van der Waals surface area contributed by atoms with Crippen molar-refractivity contribution in [3.8, 4) is 0 Å². The lowest BCUT2D eigenvalue weighted by molar-refractivity contribution is -0.139. The number of hydrogen-bond acceptors (Lipinski definition) is 5. The fourth-order valence-electron chi connectivity index (χ4n) is 1.13. The van der Waals surface area contributed by atoms with Gasteiger partial charge in [-0.15, -0.1) is 11.8 Å². The van der Waals surface area contributed by atoms with E-state index in [1.807, 2.05) is 0 Å². The Labute approximate surface area is 92.7 Å². The van der Waals surface area contributed by atoms with Crippen molar-refractivity contribution >= 4 is 29.4 Å². The van der Waals surface area contributed by atoms with Crippen molar-refractivity contribution in [3.05, 3.63) is 0 Å². The summed E-state index contributed by atoms with van der Waals surface area (Å²) in [5.41, 5.74) is 0.441. The summed E-state index contributed by atoms with van der Waals surface area (Å²) in [5, 5.41) is 2.67. The molecule has 0 bridgehead atoms. The van der Waals surface area contributed by atoms with Crippen LogP contribution in [0, 0.1) is 0 Å². The van der Waals surface area contributed by atoms with E-state index >= 15 is 0 Å². The van der Waals surface area contributed by atoms with Crippen LogP contribution in [0.4, 0.5) is 0 Å². The van der Waals surface area contributed by atoms with Crippen molar-refractivity contribution in [2.45, 2.75) is 25.8 Å². The Morgan fingerprint density at radius 1 is 1.73 bits per heavy atom. The van der Waals surface area contributed by atoms with E-state index in [1.165, 1.54) is 11.8 Å². The summed E-state index contributed by atoms with van der Waals surface area (Å²) in [4.78, 5) is 26.4. The number of nitrogens with zero attached hydrogens (tertiary/aromatic N) is 1. The monoisotopic (exact) mass is 230 g/mol. The molecule has 0 aromatic heterocycles. The van der Waals surface area contributed by atoms with E-state index in [9.17, 15) is 9.59 Å². The summed E-state index contributed by atoms with van der Waals surface area (Å²) < 4.78 is 4.77. The Balaban J connectivity index is 2.35. The number of hydrogen-bond donors (Lipinski definition) is 1. The molecule has 1 N–H and O–H groups in total. The Kier molecular flexibility index (Phi) is 4.61. The highest BCUT2D eigenvalue weighted by Crippen LogP contribution is 2.14. The van der Waals surface area contributed by atoms with Gasteiger partial charge in [-0.05, 0) is 13.8 Å². The van der Waals surface area contributed by atoms with Gasteiger partial charge in [-0.1, -0.05) is 0 Å². The number of carbonyl (C=O) groups is 2. The number of carbonyl (C=O) groups excluding carboxylic acids is 2. The van der Waals surface area contributed by atoms with Gasteiger partial charge in [-0.3, -0.25) is 14.6 Å². The van der Waals surface area contributed by atoms with Gasteiger partial charge >= 0.3 is 5.97 Å². The number of thioether (sulfide) groups is 1. The molecule has 6 heteroatoms. The van der Waals surface area contributed by atoms with Crippen LogP contribution in [-0.2, 0) is 14.3 Å². The second-order valence-corrected chi connectivity index (χ2v) is 4.15. The minimum Gasteiger partial charge on any atom is -0.465 e. The van der Waals surface area contributed by atoms with Gasteiger partial charge in [0, 0.05) is 5.71 Å². The maximum absolute atomic E-state index is 11.1. The summed E-state index contributed by atoms with van der Waals surface area (Å²) in [5.74, 6) is -0.130. The highest BCUT2D eigenvalue weighted by atomic mass is 32.2.